The van der Waals surface area contributed by atoms with Gasteiger partial charge in [-0.05, 0) is 39.2 Å². The molecule has 4 rings (SSSR count). The van der Waals surface area contributed by atoms with Gasteiger partial charge in [0.15, 0.2) is 0 Å². The van der Waals surface area contributed by atoms with E-state index in [2.05, 4.69) is 0 Å². The van der Waals surface area contributed by atoms with Crippen LogP contribution in [0.4, 0.5) is 0 Å². The number of ether oxygens (including phenoxy) is 6. The molecule has 2 saturated carbocycles. The molecular formula is C30H40O11. The Morgan fingerprint density at radius 2 is 1.49 bits per heavy atom. The minimum Gasteiger partial charge on any atom is -0.465 e. The van der Waals surface area contributed by atoms with Gasteiger partial charge in [-0.3, -0.25) is 19.2 Å². The second-order valence-electron chi connectivity index (χ2n) is 12.0. The van der Waals surface area contributed by atoms with Crippen LogP contribution in [0.15, 0.2) is 30.3 Å². The van der Waals surface area contributed by atoms with Gasteiger partial charge in [0.2, 0.25) is 0 Å². The monoisotopic (exact) mass is 576 g/mol. The van der Waals surface area contributed by atoms with Gasteiger partial charge in [-0.25, -0.2) is 0 Å². The lowest BCUT2D eigenvalue weighted by Crippen LogP contribution is -2.83. The van der Waals surface area contributed by atoms with E-state index in [1.807, 2.05) is 30.3 Å². The third kappa shape index (κ3) is 5.12. The van der Waals surface area contributed by atoms with Crippen LogP contribution in [0, 0.1) is 11.3 Å². The van der Waals surface area contributed by atoms with Crippen molar-refractivity contribution < 1.29 is 52.7 Å². The van der Waals surface area contributed by atoms with E-state index in [-0.39, 0.29) is 19.4 Å². The molecule has 1 N–H and O–H groups in total. The van der Waals surface area contributed by atoms with Crippen molar-refractivity contribution in [2.75, 3.05) is 6.61 Å². The summed E-state index contributed by atoms with van der Waals surface area (Å²) in [6.45, 7) is 9.61. The SMILES string of the molecule is CC(=O)OCC12C(OC(C)=O)CCC(C)(O)C13OC(C)(C)C(C(OC(C)=O)C2OCc1ccccc1)C3OC(C)=O. The minimum atomic E-state index is -1.81. The fourth-order valence-corrected chi connectivity index (χ4v) is 7.51. The van der Waals surface area contributed by atoms with E-state index in [1.54, 1.807) is 20.8 Å². The number of hydrogen-bond donors (Lipinski definition) is 1. The van der Waals surface area contributed by atoms with E-state index in [0.29, 0.717) is 0 Å². The first-order valence-corrected chi connectivity index (χ1v) is 13.8. The molecule has 1 heterocycles. The molecule has 1 spiro atoms. The first-order valence-electron chi connectivity index (χ1n) is 13.8. The molecule has 8 unspecified atom stereocenters. The number of fused-ring (bicyclic) bond motifs is 1. The van der Waals surface area contributed by atoms with E-state index in [9.17, 15) is 24.3 Å². The van der Waals surface area contributed by atoms with E-state index >= 15 is 0 Å². The highest BCUT2D eigenvalue weighted by Crippen LogP contribution is 2.69. The number of rotatable bonds is 8. The Hall–Kier alpha value is -3.02. The Labute approximate surface area is 239 Å². The summed E-state index contributed by atoms with van der Waals surface area (Å²) in [5, 5.41) is 12.3. The third-order valence-electron chi connectivity index (χ3n) is 8.76. The Balaban J connectivity index is 2.06. The smallest absolute Gasteiger partial charge is 0.303 e. The van der Waals surface area contributed by atoms with Gasteiger partial charge in [-0.2, -0.15) is 0 Å². The third-order valence-corrected chi connectivity index (χ3v) is 8.76. The second kappa shape index (κ2) is 11.0. The average molecular weight is 577 g/mol. The number of esters is 4. The summed E-state index contributed by atoms with van der Waals surface area (Å²) in [5.74, 6) is -3.37. The summed E-state index contributed by atoms with van der Waals surface area (Å²) >= 11 is 0. The molecule has 226 valence electrons. The molecule has 2 aliphatic carbocycles. The maximum Gasteiger partial charge on any atom is 0.303 e. The molecule has 1 aromatic carbocycles. The van der Waals surface area contributed by atoms with Gasteiger partial charge in [0, 0.05) is 27.7 Å². The highest BCUT2D eigenvalue weighted by molar-refractivity contribution is 5.68. The largest absolute Gasteiger partial charge is 0.465 e. The highest BCUT2D eigenvalue weighted by Gasteiger charge is 2.86. The predicted octanol–water partition coefficient (Wildman–Crippen LogP) is 2.64. The van der Waals surface area contributed by atoms with Crippen LogP contribution in [0.2, 0.25) is 0 Å². The molecule has 0 amide bonds. The minimum absolute atomic E-state index is 0.0431. The van der Waals surface area contributed by atoms with Crippen molar-refractivity contribution in [2.24, 2.45) is 11.3 Å². The topological polar surface area (TPSA) is 144 Å². The molecule has 3 aliphatic rings. The Morgan fingerprint density at radius 1 is 0.878 bits per heavy atom. The van der Waals surface area contributed by atoms with Gasteiger partial charge in [0.25, 0.3) is 0 Å². The molecular weight excluding hydrogens is 536 g/mol. The van der Waals surface area contributed by atoms with Crippen molar-refractivity contribution in [3.8, 4) is 0 Å². The average Bonchev–Trinajstić information content (AvgIpc) is 3.05. The van der Waals surface area contributed by atoms with Crippen LogP contribution in [0.5, 0.6) is 0 Å². The standard InChI is InChI=1S/C30H40O11/c1-17(31)37-16-29-22(38-18(2)32)13-14-28(7,35)30(29)25(40-20(4)34)23(27(5,6)41-30)24(39-19(3)33)26(29)36-15-21-11-9-8-10-12-21/h8-12,22-26,35H,13-16H2,1-7H3. The molecule has 2 bridgehead atoms. The van der Waals surface area contributed by atoms with Gasteiger partial charge in [-0.1, -0.05) is 30.3 Å². The Bertz CT molecular complexity index is 1180. The van der Waals surface area contributed by atoms with E-state index in [4.69, 9.17) is 28.4 Å². The summed E-state index contributed by atoms with van der Waals surface area (Å²) in [6.07, 6.45) is -4.27. The van der Waals surface area contributed by atoms with Crippen molar-refractivity contribution in [1.82, 2.24) is 0 Å². The van der Waals surface area contributed by atoms with Gasteiger partial charge in [0.05, 0.1) is 23.7 Å². The van der Waals surface area contributed by atoms with Gasteiger partial charge in [-0.15, -0.1) is 0 Å². The predicted molar refractivity (Wildman–Crippen MR) is 142 cm³/mol. The molecule has 3 fully saturated rings. The van der Waals surface area contributed by atoms with Gasteiger partial charge in [0.1, 0.15) is 42.0 Å². The van der Waals surface area contributed by atoms with Crippen LogP contribution in [0.3, 0.4) is 0 Å². The molecule has 1 aliphatic heterocycles. The lowest BCUT2D eigenvalue weighted by atomic mass is 9.46. The summed E-state index contributed by atoms with van der Waals surface area (Å²) in [7, 11) is 0. The fourth-order valence-electron chi connectivity index (χ4n) is 7.51. The zero-order valence-electron chi connectivity index (χ0n) is 24.6. The Morgan fingerprint density at radius 3 is 2.05 bits per heavy atom. The Kier molecular flexibility index (Phi) is 8.30. The van der Waals surface area contributed by atoms with Crippen LogP contribution in [-0.2, 0) is 54.2 Å². The summed E-state index contributed by atoms with van der Waals surface area (Å²) in [4.78, 5) is 50.1. The highest BCUT2D eigenvalue weighted by atomic mass is 16.6. The normalized spacial score (nSPS) is 36.9. The number of carbonyl (C=O) groups is 4. The van der Waals surface area contributed by atoms with Crippen LogP contribution >= 0.6 is 0 Å². The van der Waals surface area contributed by atoms with Crippen LogP contribution in [0.25, 0.3) is 0 Å². The molecule has 1 saturated heterocycles. The number of hydrogen-bond acceptors (Lipinski definition) is 11. The molecule has 0 aromatic heterocycles. The van der Waals surface area contributed by atoms with Crippen LogP contribution in [0.1, 0.15) is 66.9 Å². The second-order valence-corrected chi connectivity index (χ2v) is 12.0. The lowest BCUT2D eigenvalue weighted by molar-refractivity contribution is -0.355. The van der Waals surface area contributed by atoms with Gasteiger partial charge >= 0.3 is 23.9 Å². The van der Waals surface area contributed by atoms with E-state index in [0.717, 1.165) is 5.56 Å². The fraction of sp³-hybridized carbons (Fsp3) is 0.667. The maximum absolute atomic E-state index is 12.6. The first kappa shape index (κ1) is 30.9. The maximum atomic E-state index is 12.6. The van der Waals surface area contributed by atoms with E-state index in [1.165, 1.54) is 27.7 Å². The lowest BCUT2D eigenvalue weighted by Gasteiger charge is -2.65. The molecule has 41 heavy (non-hydrogen) atoms. The van der Waals surface area contributed by atoms with Crippen molar-refractivity contribution in [3.05, 3.63) is 35.9 Å². The number of carbonyl (C=O) groups excluding carboxylic acids is 4. The zero-order chi connectivity index (χ0) is 30.4. The molecule has 0 radical (unpaired) electrons. The molecule has 11 heteroatoms. The zero-order valence-corrected chi connectivity index (χ0v) is 24.6. The molecule has 1 aromatic rings. The van der Waals surface area contributed by atoms with Crippen molar-refractivity contribution in [3.63, 3.8) is 0 Å². The van der Waals surface area contributed by atoms with Gasteiger partial charge < -0.3 is 33.5 Å². The quantitative estimate of drug-likeness (QED) is 0.360. The molecule has 11 nitrogen and oxygen atoms in total. The molecule has 8 atom stereocenters. The van der Waals surface area contributed by atoms with Crippen LogP contribution in [-0.4, -0.2) is 76.8 Å². The van der Waals surface area contributed by atoms with Crippen molar-refractivity contribution in [2.45, 2.75) is 109 Å². The first-order chi connectivity index (χ1) is 19.1. The van der Waals surface area contributed by atoms with Crippen molar-refractivity contribution >= 4 is 23.9 Å². The van der Waals surface area contributed by atoms with Crippen molar-refractivity contribution in [1.29, 1.82) is 0 Å². The number of aliphatic hydroxyl groups is 1. The van der Waals surface area contributed by atoms with E-state index < -0.39 is 83.0 Å². The summed E-state index contributed by atoms with van der Waals surface area (Å²) in [6, 6.07) is 9.27. The summed E-state index contributed by atoms with van der Waals surface area (Å²) < 4.78 is 37.0. The summed E-state index contributed by atoms with van der Waals surface area (Å²) in [5.41, 5.74) is -5.57. The van der Waals surface area contributed by atoms with Crippen LogP contribution < -0.4 is 0 Å². The number of benzene rings is 1.